The zero-order chi connectivity index (χ0) is 13.1. The number of aldehydes is 1. The molecule has 0 bridgehead atoms. The first-order chi connectivity index (χ1) is 8.61. The molecule has 0 saturated carbocycles. The first-order valence-electron chi connectivity index (χ1n) is 6.31. The summed E-state index contributed by atoms with van der Waals surface area (Å²) in [5, 5.41) is 0. The first-order valence-corrected chi connectivity index (χ1v) is 6.31. The van der Waals surface area contributed by atoms with E-state index >= 15 is 0 Å². The maximum Gasteiger partial charge on any atom is 0.334 e. The summed E-state index contributed by atoms with van der Waals surface area (Å²) in [6.45, 7) is 5.85. The van der Waals surface area contributed by atoms with E-state index in [4.69, 9.17) is 4.74 Å². The Kier molecular flexibility index (Phi) is 3.80. The summed E-state index contributed by atoms with van der Waals surface area (Å²) >= 11 is 0. The topological polar surface area (TPSA) is 43.4 Å². The number of carbonyl (C=O) groups is 2. The van der Waals surface area contributed by atoms with Crippen molar-refractivity contribution in [1.82, 2.24) is 0 Å². The van der Waals surface area contributed by atoms with Gasteiger partial charge in [-0.1, -0.05) is 24.3 Å². The number of ether oxygens (including phenoxy) is 1. The minimum atomic E-state index is -0.293. The van der Waals surface area contributed by atoms with Crippen LogP contribution < -0.4 is 0 Å². The minimum absolute atomic E-state index is 0.00824. The highest BCUT2D eigenvalue weighted by Crippen LogP contribution is 2.34. The summed E-state index contributed by atoms with van der Waals surface area (Å²) in [5.74, 6) is -0.285. The van der Waals surface area contributed by atoms with Crippen LogP contribution in [-0.4, -0.2) is 18.4 Å². The fourth-order valence-corrected chi connectivity index (χ4v) is 2.52. The Labute approximate surface area is 107 Å². The van der Waals surface area contributed by atoms with Gasteiger partial charge in [0.25, 0.3) is 0 Å². The van der Waals surface area contributed by atoms with Crippen molar-refractivity contribution < 1.29 is 14.3 Å². The lowest BCUT2D eigenvalue weighted by molar-refractivity contribution is -0.139. The predicted molar refractivity (Wildman–Crippen MR) is 68.9 cm³/mol. The van der Waals surface area contributed by atoms with Gasteiger partial charge in [0, 0.05) is 17.9 Å². The number of fused-ring (bicyclic) bond motifs is 1. The molecule has 96 valence electrons. The van der Waals surface area contributed by atoms with E-state index in [2.05, 4.69) is 12.7 Å². The van der Waals surface area contributed by atoms with E-state index in [1.807, 2.05) is 13.0 Å². The molecule has 3 heteroatoms. The lowest BCUT2D eigenvalue weighted by Crippen LogP contribution is -2.17. The van der Waals surface area contributed by atoms with Crippen molar-refractivity contribution in [3.8, 4) is 0 Å². The van der Waals surface area contributed by atoms with Gasteiger partial charge in [0.1, 0.15) is 12.4 Å². The van der Waals surface area contributed by atoms with Crippen LogP contribution in [0.1, 0.15) is 32.6 Å². The molecule has 0 N–H and O–H groups in total. The smallest absolute Gasteiger partial charge is 0.334 e. The molecule has 0 amide bonds. The molecule has 2 rings (SSSR count). The highest BCUT2D eigenvalue weighted by molar-refractivity contribution is 5.90. The van der Waals surface area contributed by atoms with Crippen LogP contribution in [0, 0.1) is 5.92 Å². The van der Waals surface area contributed by atoms with Crippen LogP contribution in [0.15, 0.2) is 35.5 Å². The summed E-state index contributed by atoms with van der Waals surface area (Å²) in [7, 11) is 0. The van der Waals surface area contributed by atoms with E-state index in [-0.39, 0.29) is 18.0 Å². The molecule has 0 spiro atoms. The fraction of sp³-hybridized carbons (Fsp3) is 0.467. The SMILES string of the molecule is C=C1C(=O)OC2CC(C)=CCCC(C=O)=CCC12. The van der Waals surface area contributed by atoms with Crippen molar-refractivity contribution in [3.05, 3.63) is 35.5 Å². The Hall–Kier alpha value is -1.64. The Balaban J connectivity index is 2.26. The normalized spacial score (nSPS) is 28.9. The van der Waals surface area contributed by atoms with Crippen molar-refractivity contribution >= 4 is 12.3 Å². The third kappa shape index (κ3) is 2.61. The molecule has 1 aliphatic heterocycles. The Morgan fingerprint density at radius 3 is 2.94 bits per heavy atom. The largest absolute Gasteiger partial charge is 0.458 e. The minimum Gasteiger partial charge on any atom is -0.458 e. The average molecular weight is 246 g/mol. The van der Waals surface area contributed by atoms with E-state index in [0.29, 0.717) is 12.0 Å². The summed E-state index contributed by atoms with van der Waals surface area (Å²) in [6.07, 6.45) is 7.88. The second kappa shape index (κ2) is 5.34. The van der Waals surface area contributed by atoms with Crippen molar-refractivity contribution in [3.63, 3.8) is 0 Å². The number of esters is 1. The van der Waals surface area contributed by atoms with E-state index in [0.717, 1.165) is 31.1 Å². The number of allylic oxidation sites excluding steroid dienone is 3. The van der Waals surface area contributed by atoms with E-state index in [1.165, 1.54) is 5.57 Å². The zero-order valence-electron chi connectivity index (χ0n) is 10.6. The lowest BCUT2D eigenvalue weighted by Gasteiger charge is -2.18. The van der Waals surface area contributed by atoms with E-state index in [9.17, 15) is 9.59 Å². The van der Waals surface area contributed by atoms with Crippen LogP contribution in [0.4, 0.5) is 0 Å². The number of rotatable bonds is 1. The molecule has 0 aromatic heterocycles. The third-order valence-corrected chi connectivity index (χ3v) is 3.65. The molecular formula is C15H18O3. The van der Waals surface area contributed by atoms with Crippen LogP contribution in [-0.2, 0) is 14.3 Å². The monoisotopic (exact) mass is 246 g/mol. The highest BCUT2D eigenvalue weighted by atomic mass is 16.6. The Morgan fingerprint density at radius 2 is 2.22 bits per heavy atom. The van der Waals surface area contributed by atoms with Crippen molar-refractivity contribution in [2.75, 3.05) is 0 Å². The van der Waals surface area contributed by atoms with Gasteiger partial charge in [-0.2, -0.15) is 0 Å². The molecule has 18 heavy (non-hydrogen) atoms. The van der Waals surface area contributed by atoms with Gasteiger partial charge >= 0.3 is 5.97 Å². The molecule has 2 aliphatic rings. The van der Waals surface area contributed by atoms with Crippen LogP contribution in [0.5, 0.6) is 0 Å². The average Bonchev–Trinajstić information content (AvgIpc) is 2.60. The van der Waals surface area contributed by atoms with Crippen LogP contribution in [0.2, 0.25) is 0 Å². The standard InChI is InChI=1S/C15H18O3/c1-10-4-3-5-12(9-16)6-7-13-11(2)15(17)18-14(13)8-10/h4,6,9,13-14H,2-3,5,7-8H2,1H3. The van der Waals surface area contributed by atoms with Gasteiger partial charge in [-0.15, -0.1) is 0 Å². The van der Waals surface area contributed by atoms with Gasteiger partial charge in [-0.05, 0) is 31.8 Å². The quantitative estimate of drug-likeness (QED) is 0.309. The van der Waals surface area contributed by atoms with Crippen LogP contribution >= 0.6 is 0 Å². The molecule has 3 nitrogen and oxygen atoms in total. The van der Waals surface area contributed by atoms with Crippen molar-refractivity contribution in [1.29, 1.82) is 0 Å². The lowest BCUT2D eigenvalue weighted by atomic mass is 9.88. The molecule has 0 radical (unpaired) electrons. The van der Waals surface area contributed by atoms with Gasteiger partial charge in [-0.3, -0.25) is 4.79 Å². The molecule has 1 fully saturated rings. The molecule has 2 unspecified atom stereocenters. The Bertz CT molecular complexity index is 443. The zero-order valence-corrected chi connectivity index (χ0v) is 10.6. The van der Waals surface area contributed by atoms with Crippen molar-refractivity contribution in [2.24, 2.45) is 5.92 Å². The number of hydrogen-bond donors (Lipinski definition) is 0. The van der Waals surface area contributed by atoms with E-state index < -0.39 is 0 Å². The maximum absolute atomic E-state index is 11.6. The maximum atomic E-state index is 11.6. The summed E-state index contributed by atoms with van der Waals surface area (Å²) in [6, 6.07) is 0. The molecule has 0 aromatic rings. The van der Waals surface area contributed by atoms with Crippen molar-refractivity contribution in [2.45, 2.75) is 38.7 Å². The summed E-state index contributed by atoms with van der Waals surface area (Å²) in [5.41, 5.74) is 2.54. The second-order valence-corrected chi connectivity index (χ2v) is 5.00. The molecule has 1 aliphatic carbocycles. The predicted octanol–water partition coefficient (Wildman–Crippen LogP) is 2.73. The molecule has 1 saturated heterocycles. The molecular weight excluding hydrogens is 228 g/mol. The summed E-state index contributed by atoms with van der Waals surface area (Å²) < 4.78 is 5.35. The second-order valence-electron chi connectivity index (χ2n) is 5.00. The van der Waals surface area contributed by atoms with Gasteiger partial charge < -0.3 is 4.74 Å². The van der Waals surface area contributed by atoms with Gasteiger partial charge in [0.15, 0.2) is 0 Å². The highest BCUT2D eigenvalue weighted by Gasteiger charge is 2.37. The van der Waals surface area contributed by atoms with Gasteiger partial charge in [0.05, 0.1) is 0 Å². The Morgan fingerprint density at radius 1 is 1.44 bits per heavy atom. The molecule has 1 heterocycles. The van der Waals surface area contributed by atoms with Gasteiger partial charge in [-0.25, -0.2) is 4.79 Å². The third-order valence-electron chi connectivity index (χ3n) is 3.65. The summed E-state index contributed by atoms with van der Waals surface area (Å²) in [4.78, 5) is 22.5. The van der Waals surface area contributed by atoms with Crippen LogP contribution in [0.3, 0.4) is 0 Å². The van der Waals surface area contributed by atoms with E-state index in [1.54, 1.807) is 0 Å². The number of hydrogen-bond acceptors (Lipinski definition) is 3. The van der Waals surface area contributed by atoms with Crippen LogP contribution in [0.25, 0.3) is 0 Å². The first kappa shape index (κ1) is 12.8. The molecule has 0 aromatic carbocycles. The van der Waals surface area contributed by atoms with Gasteiger partial charge in [0.2, 0.25) is 0 Å². The number of carbonyl (C=O) groups excluding carboxylic acids is 2. The fourth-order valence-electron chi connectivity index (χ4n) is 2.52. The molecule has 2 atom stereocenters.